The average Bonchev–Trinajstić information content (AvgIpc) is 3.68. The van der Waals surface area contributed by atoms with Crippen LogP contribution in [0.1, 0.15) is 22.7 Å². The van der Waals surface area contributed by atoms with E-state index in [1.165, 1.54) is 4.90 Å². The SMILES string of the molecule is CN1CCC(O)(c2cc(-c3cccc(-n4nc(C(N)=O)c5cc(-c6ccn(C)n6)ccc54)c3)no2)C1=O. The Balaban J connectivity index is 1.41. The fourth-order valence-electron chi connectivity index (χ4n) is 4.71. The normalized spacial score (nSPS) is 17.7. The van der Waals surface area contributed by atoms with Gasteiger partial charge in [0.1, 0.15) is 5.69 Å². The number of aryl methyl sites for hydroxylation is 1. The maximum Gasteiger partial charge on any atom is 0.269 e. The smallest absolute Gasteiger partial charge is 0.269 e. The fraction of sp³-hybridized carbons (Fsp3) is 0.192. The van der Waals surface area contributed by atoms with Gasteiger partial charge in [-0.1, -0.05) is 23.4 Å². The lowest BCUT2D eigenvalue weighted by Crippen LogP contribution is -2.35. The van der Waals surface area contributed by atoms with Crippen molar-refractivity contribution >= 4 is 22.7 Å². The molecule has 2 amide bonds. The molecule has 37 heavy (non-hydrogen) atoms. The van der Waals surface area contributed by atoms with E-state index >= 15 is 0 Å². The molecule has 1 aliphatic rings. The summed E-state index contributed by atoms with van der Waals surface area (Å²) < 4.78 is 8.74. The average molecular weight is 498 g/mol. The standard InChI is InChI=1S/C26H23N7O4/c1-31-11-9-26(36,25(31)35)22-14-20(30-37-22)15-4-3-5-17(12-15)33-21-7-6-16(19-8-10-32(2)28-19)13-18(21)23(29-33)24(27)34/h3-8,10,12-14,36H,9,11H2,1-2H3,(H2,27,34). The predicted molar refractivity (Wildman–Crippen MR) is 133 cm³/mol. The van der Waals surface area contributed by atoms with Crippen molar-refractivity contribution in [2.24, 2.45) is 12.8 Å². The highest BCUT2D eigenvalue weighted by molar-refractivity contribution is 6.05. The summed E-state index contributed by atoms with van der Waals surface area (Å²) in [6, 6.07) is 16.4. The number of primary amides is 1. The van der Waals surface area contributed by atoms with Gasteiger partial charge in [-0.25, -0.2) is 4.68 Å². The summed E-state index contributed by atoms with van der Waals surface area (Å²) in [7, 11) is 3.47. The number of benzene rings is 2. The molecule has 1 atom stereocenters. The number of fused-ring (bicyclic) bond motifs is 1. The topological polar surface area (TPSA) is 145 Å². The third kappa shape index (κ3) is 3.59. The van der Waals surface area contributed by atoms with Crippen LogP contribution in [0.3, 0.4) is 0 Å². The van der Waals surface area contributed by atoms with Crippen LogP contribution in [0, 0.1) is 0 Å². The van der Waals surface area contributed by atoms with Gasteiger partial charge in [0, 0.05) is 55.8 Å². The Bertz CT molecular complexity index is 1700. The molecule has 0 aliphatic carbocycles. The Morgan fingerprint density at radius 3 is 2.57 bits per heavy atom. The Morgan fingerprint density at radius 1 is 1.05 bits per heavy atom. The van der Waals surface area contributed by atoms with E-state index in [1.54, 1.807) is 22.5 Å². The second-order valence-corrected chi connectivity index (χ2v) is 9.19. The number of likely N-dealkylation sites (tertiary alicyclic amines) is 1. The van der Waals surface area contributed by atoms with Gasteiger partial charge < -0.3 is 20.3 Å². The van der Waals surface area contributed by atoms with E-state index in [0.717, 1.165) is 11.3 Å². The van der Waals surface area contributed by atoms with Crippen molar-refractivity contribution in [2.45, 2.75) is 12.0 Å². The molecule has 1 unspecified atom stereocenters. The van der Waals surface area contributed by atoms with Gasteiger partial charge in [0.25, 0.3) is 11.8 Å². The van der Waals surface area contributed by atoms with E-state index in [1.807, 2.05) is 61.8 Å². The maximum atomic E-state index is 12.4. The Labute approximate surface area is 210 Å². The lowest BCUT2D eigenvalue weighted by molar-refractivity contribution is -0.144. The second-order valence-electron chi connectivity index (χ2n) is 9.19. The number of hydrogen-bond acceptors (Lipinski definition) is 7. The fourth-order valence-corrected chi connectivity index (χ4v) is 4.71. The van der Waals surface area contributed by atoms with E-state index < -0.39 is 17.4 Å². The molecule has 3 aromatic heterocycles. The molecule has 0 spiro atoms. The highest BCUT2D eigenvalue weighted by Crippen LogP contribution is 2.35. The molecule has 0 radical (unpaired) electrons. The predicted octanol–water partition coefficient (Wildman–Crippen LogP) is 2.23. The van der Waals surface area contributed by atoms with Gasteiger partial charge in [-0.3, -0.25) is 14.3 Å². The van der Waals surface area contributed by atoms with Crippen LogP contribution in [0.25, 0.3) is 39.1 Å². The highest BCUT2D eigenvalue weighted by Gasteiger charge is 2.48. The number of nitrogens with two attached hydrogens (primary N) is 1. The van der Waals surface area contributed by atoms with Crippen molar-refractivity contribution in [3.8, 4) is 28.2 Å². The van der Waals surface area contributed by atoms with Crippen LogP contribution in [-0.4, -0.2) is 60.1 Å². The molecule has 6 rings (SSSR count). The van der Waals surface area contributed by atoms with Crippen LogP contribution in [-0.2, 0) is 17.4 Å². The molecule has 1 fully saturated rings. The van der Waals surface area contributed by atoms with Gasteiger partial charge in [0.15, 0.2) is 11.5 Å². The zero-order valence-corrected chi connectivity index (χ0v) is 20.1. The van der Waals surface area contributed by atoms with Crippen molar-refractivity contribution in [3.05, 3.63) is 72.2 Å². The summed E-state index contributed by atoms with van der Waals surface area (Å²) in [4.78, 5) is 26.2. The Morgan fingerprint density at radius 2 is 1.86 bits per heavy atom. The van der Waals surface area contributed by atoms with Crippen molar-refractivity contribution < 1.29 is 19.2 Å². The minimum atomic E-state index is -1.72. The molecule has 5 aromatic rings. The van der Waals surface area contributed by atoms with Gasteiger partial charge in [0.2, 0.25) is 5.60 Å². The van der Waals surface area contributed by atoms with Gasteiger partial charge >= 0.3 is 0 Å². The number of likely N-dealkylation sites (N-methyl/N-ethyl adjacent to an activating group) is 1. The Hall–Kier alpha value is -4.77. The number of carbonyl (C=O) groups excluding carboxylic acids is 2. The maximum absolute atomic E-state index is 12.4. The molecule has 0 bridgehead atoms. The van der Waals surface area contributed by atoms with Crippen LogP contribution in [0.4, 0.5) is 0 Å². The summed E-state index contributed by atoms with van der Waals surface area (Å²) in [5.41, 5.74) is 8.20. The number of nitrogens with zero attached hydrogens (tertiary/aromatic N) is 6. The van der Waals surface area contributed by atoms with E-state index in [-0.39, 0.29) is 17.9 Å². The van der Waals surface area contributed by atoms with E-state index in [2.05, 4.69) is 15.4 Å². The van der Waals surface area contributed by atoms with E-state index in [4.69, 9.17) is 10.3 Å². The number of aromatic nitrogens is 5. The summed E-state index contributed by atoms with van der Waals surface area (Å²) in [5, 5.41) is 24.5. The summed E-state index contributed by atoms with van der Waals surface area (Å²) in [6.07, 6.45) is 2.07. The van der Waals surface area contributed by atoms with Gasteiger partial charge in [-0.05, 0) is 30.3 Å². The lowest BCUT2D eigenvalue weighted by Gasteiger charge is -2.16. The first-order valence-electron chi connectivity index (χ1n) is 11.6. The van der Waals surface area contributed by atoms with Gasteiger partial charge in [-0.15, -0.1) is 0 Å². The molecule has 3 N–H and O–H groups in total. The van der Waals surface area contributed by atoms with Crippen LogP contribution < -0.4 is 5.73 Å². The molecule has 0 saturated carbocycles. The number of carbonyl (C=O) groups is 2. The Kier molecular flexibility index (Phi) is 4.99. The van der Waals surface area contributed by atoms with Crippen LogP contribution >= 0.6 is 0 Å². The molecule has 11 nitrogen and oxygen atoms in total. The quantitative estimate of drug-likeness (QED) is 0.379. The minimum absolute atomic E-state index is 0.102. The van der Waals surface area contributed by atoms with Crippen LogP contribution in [0.15, 0.2) is 65.3 Å². The number of hydrogen-bond donors (Lipinski definition) is 2. The van der Waals surface area contributed by atoms with Gasteiger partial charge in [0.05, 0.1) is 16.9 Å². The first-order valence-corrected chi connectivity index (χ1v) is 11.6. The molecule has 11 heteroatoms. The van der Waals surface area contributed by atoms with Crippen LogP contribution in [0.5, 0.6) is 0 Å². The summed E-state index contributed by atoms with van der Waals surface area (Å²) in [5.74, 6) is -0.959. The first-order chi connectivity index (χ1) is 17.7. The number of rotatable bonds is 5. The third-order valence-corrected chi connectivity index (χ3v) is 6.74. The molecular formula is C26H23N7O4. The van der Waals surface area contributed by atoms with Gasteiger partial charge in [-0.2, -0.15) is 10.2 Å². The van der Waals surface area contributed by atoms with Crippen molar-refractivity contribution in [3.63, 3.8) is 0 Å². The van der Waals surface area contributed by atoms with Crippen LogP contribution in [0.2, 0.25) is 0 Å². The van der Waals surface area contributed by atoms with Crippen molar-refractivity contribution in [1.82, 2.24) is 29.6 Å². The summed E-state index contributed by atoms with van der Waals surface area (Å²) in [6.45, 7) is 0.428. The van der Waals surface area contributed by atoms with E-state index in [0.29, 0.717) is 34.4 Å². The van der Waals surface area contributed by atoms with E-state index in [9.17, 15) is 14.7 Å². The molecule has 1 aliphatic heterocycles. The monoisotopic (exact) mass is 497 g/mol. The third-order valence-electron chi connectivity index (χ3n) is 6.74. The lowest BCUT2D eigenvalue weighted by atomic mass is 9.98. The second kappa shape index (κ2) is 8.14. The van der Waals surface area contributed by atoms with Crippen molar-refractivity contribution in [1.29, 1.82) is 0 Å². The number of amides is 2. The molecule has 1 saturated heterocycles. The zero-order valence-electron chi connectivity index (χ0n) is 20.1. The molecular weight excluding hydrogens is 474 g/mol. The summed E-state index contributed by atoms with van der Waals surface area (Å²) >= 11 is 0. The number of aliphatic hydroxyl groups is 1. The highest BCUT2D eigenvalue weighted by atomic mass is 16.5. The zero-order chi connectivity index (χ0) is 25.9. The minimum Gasteiger partial charge on any atom is -0.373 e. The largest absolute Gasteiger partial charge is 0.373 e. The molecule has 186 valence electrons. The molecule has 2 aromatic carbocycles. The van der Waals surface area contributed by atoms with Crippen molar-refractivity contribution in [2.75, 3.05) is 13.6 Å². The first kappa shape index (κ1) is 22.7. The molecule has 4 heterocycles.